The summed E-state index contributed by atoms with van der Waals surface area (Å²) >= 11 is 0. The zero-order valence-electron chi connectivity index (χ0n) is 10.5. The van der Waals surface area contributed by atoms with Crippen molar-refractivity contribution in [3.63, 3.8) is 0 Å². The predicted molar refractivity (Wildman–Crippen MR) is 67.7 cm³/mol. The molecule has 1 heterocycles. The first-order valence-electron chi connectivity index (χ1n) is 6.12. The van der Waals surface area contributed by atoms with Crippen molar-refractivity contribution >= 4 is 17.7 Å². The molecule has 0 saturated heterocycles. The molecule has 0 aromatic heterocycles. The second kappa shape index (κ2) is 5.26. The average molecular weight is 266 g/mol. The lowest BCUT2D eigenvalue weighted by atomic mass is 10.2. The SMILES string of the molecule is CC[C@@H](NC(=O)N1CCc2ccc(F)cc21)C(=O)O. The predicted octanol–water partition coefficient (Wildman–Crippen LogP) is 1.76. The van der Waals surface area contributed by atoms with Crippen LogP contribution in [0.3, 0.4) is 0 Å². The number of aliphatic carboxylic acids is 1. The minimum Gasteiger partial charge on any atom is -0.480 e. The smallest absolute Gasteiger partial charge is 0.326 e. The number of amides is 2. The minimum atomic E-state index is -1.07. The zero-order valence-corrected chi connectivity index (χ0v) is 10.5. The second-order valence-electron chi connectivity index (χ2n) is 4.42. The van der Waals surface area contributed by atoms with Crippen molar-refractivity contribution in [2.45, 2.75) is 25.8 Å². The lowest BCUT2D eigenvalue weighted by Gasteiger charge is -2.21. The average Bonchev–Trinajstić information content (AvgIpc) is 2.78. The zero-order chi connectivity index (χ0) is 14.0. The maximum absolute atomic E-state index is 13.2. The number of hydrogen-bond acceptors (Lipinski definition) is 2. The maximum Gasteiger partial charge on any atom is 0.326 e. The van der Waals surface area contributed by atoms with Gasteiger partial charge in [-0.15, -0.1) is 0 Å². The molecule has 5 nitrogen and oxygen atoms in total. The number of nitrogens with one attached hydrogen (secondary N) is 1. The van der Waals surface area contributed by atoms with Crippen LogP contribution in [0.25, 0.3) is 0 Å². The molecule has 0 bridgehead atoms. The summed E-state index contributed by atoms with van der Waals surface area (Å²) < 4.78 is 13.2. The van der Waals surface area contributed by atoms with Crippen molar-refractivity contribution < 1.29 is 19.1 Å². The van der Waals surface area contributed by atoms with Crippen molar-refractivity contribution in [1.29, 1.82) is 0 Å². The number of carboxylic acid groups (broad SMARTS) is 1. The number of carboxylic acids is 1. The molecule has 1 aliphatic rings. The molecule has 1 atom stereocenters. The van der Waals surface area contributed by atoms with E-state index < -0.39 is 23.9 Å². The third kappa shape index (κ3) is 2.67. The van der Waals surface area contributed by atoms with Gasteiger partial charge in [-0.25, -0.2) is 14.0 Å². The first-order valence-corrected chi connectivity index (χ1v) is 6.12. The van der Waals surface area contributed by atoms with Gasteiger partial charge in [0.2, 0.25) is 0 Å². The summed E-state index contributed by atoms with van der Waals surface area (Å²) in [5.74, 6) is -1.49. The van der Waals surface area contributed by atoms with Gasteiger partial charge in [-0.2, -0.15) is 0 Å². The highest BCUT2D eigenvalue weighted by Crippen LogP contribution is 2.28. The van der Waals surface area contributed by atoms with Crippen molar-refractivity contribution in [3.05, 3.63) is 29.6 Å². The summed E-state index contributed by atoms with van der Waals surface area (Å²) in [6.07, 6.45) is 0.942. The van der Waals surface area contributed by atoms with Gasteiger partial charge in [0.15, 0.2) is 0 Å². The van der Waals surface area contributed by atoms with Gasteiger partial charge >= 0.3 is 12.0 Å². The number of benzene rings is 1. The number of carbonyl (C=O) groups is 2. The molecule has 2 N–H and O–H groups in total. The third-order valence-electron chi connectivity index (χ3n) is 3.19. The highest BCUT2D eigenvalue weighted by molar-refractivity contribution is 5.96. The Morgan fingerprint density at radius 1 is 1.53 bits per heavy atom. The number of fused-ring (bicyclic) bond motifs is 1. The van der Waals surface area contributed by atoms with Crippen LogP contribution in [0.1, 0.15) is 18.9 Å². The molecule has 19 heavy (non-hydrogen) atoms. The molecule has 1 aromatic rings. The Balaban J connectivity index is 2.15. The molecule has 1 aromatic carbocycles. The van der Waals surface area contributed by atoms with Crippen molar-refractivity contribution in [2.75, 3.05) is 11.4 Å². The molecule has 0 aliphatic carbocycles. The first-order chi connectivity index (χ1) is 9.02. The summed E-state index contributed by atoms with van der Waals surface area (Å²) in [6, 6.07) is 2.87. The fourth-order valence-electron chi connectivity index (χ4n) is 2.13. The van der Waals surface area contributed by atoms with E-state index in [1.165, 1.54) is 17.0 Å². The molecule has 0 fully saturated rings. The summed E-state index contributed by atoms with van der Waals surface area (Å²) in [5.41, 5.74) is 1.40. The topological polar surface area (TPSA) is 69.6 Å². The van der Waals surface area contributed by atoms with Crippen LogP contribution >= 0.6 is 0 Å². The van der Waals surface area contributed by atoms with E-state index in [0.717, 1.165) is 5.56 Å². The molecule has 6 heteroatoms. The number of carbonyl (C=O) groups excluding carboxylic acids is 1. The second-order valence-corrected chi connectivity index (χ2v) is 4.42. The van der Waals surface area contributed by atoms with Gasteiger partial charge in [0.1, 0.15) is 11.9 Å². The van der Waals surface area contributed by atoms with E-state index in [-0.39, 0.29) is 0 Å². The van der Waals surface area contributed by atoms with Crippen molar-refractivity contribution in [2.24, 2.45) is 0 Å². The van der Waals surface area contributed by atoms with Gasteiger partial charge in [0.25, 0.3) is 0 Å². The van der Waals surface area contributed by atoms with Crippen LogP contribution in [-0.4, -0.2) is 29.7 Å². The normalized spacial score (nSPS) is 14.9. The molecule has 1 aliphatic heterocycles. The standard InChI is InChI=1S/C13H15FN2O3/c1-2-10(12(17)18)15-13(19)16-6-5-8-3-4-9(14)7-11(8)16/h3-4,7,10H,2,5-6H2,1H3,(H,15,19)(H,17,18)/t10-/m1/s1. The highest BCUT2D eigenvalue weighted by atomic mass is 19.1. The van der Waals surface area contributed by atoms with Gasteiger partial charge < -0.3 is 10.4 Å². The van der Waals surface area contributed by atoms with Crippen LogP contribution in [0.4, 0.5) is 14.9 Å². The van der Waals surface area contributed by atoms with E-state index in [9.17, 15) is 14.0 Å². The molecule has 102 valence electrons. The quantitative estimate of drug-likeness (QED) is 0.875. The third-order valence-corrected chi connectivity index (χ3v) is 3.19. The van der Waals surface area contributed by atoms with E-state index in [1.807, 2.05) is 0 Å². The van der Waals surface area contributed by atoms with Gasteiger partial charge in [0, 0.05) is 6.54 Å². The Hall–Kier alpha value is -2.11. The molecule has 2 amide bonds. The molecular formula is C13H15FN2O3. The number of halogens is 1. The maximum atomic E-state index is 13.2. The van der Waals surface area contributed by atoms with Crippen LogP contribution in [0.15, 0.2) is 18.2 Å². The number of anilines is 1. The van der Waals surface area contributed by atoms with Crippen LogP contribution in [-0.2, 0) is 11.2 Å². The van der Waals surface area contributed by atoms with E-state index in [2.05, 4.69) is 5.32 Å². The van der Waals surface area contributed by atoms with E-state index in [1.54, 1.807) is 13.0 Å². The van der Waals surface area contributed by atoms with E-state index in [4.69, 9.17) is 5.11 Å². The lowest BCUT2D eigenvalue weighted by Crippen LogP contribution is -2.47. The number of rotatable bonds is 3. The number of urea groups is 1. The molecule has 0 spiro atoms. The number of nitrogens with zero attached hydrogens (tertiary/aromatic N) is 1. The molecular weight excluding hydrogens is 251 g/mol. The van der Waals surface area contributed by atoms with Gasteiger partial charge in [0.05, 0.1) is 5.69 Å². The lowest BCUT2D eigenvalue weighted by molar-refractivity contribution is -0.139. The monoisotopic (exact) mass is 266 g/mol. The van der Waals surface area contributed by atoms with Crippen LogP contribution < -0.4 is 10.2 Å². The Kier molecular flexibility index (Phi) is 3.69. The highest BCUT2D eigenvalue weighted by Gasteiger charge is 2.27. The van der Waals surface area contributed by atoms with Gasteiger partial charge in [-0.1, -0.05) is 13.0 Å². The van der Waals surface area contributed by atoms with Crippen LogP contribution in [0, 0.1) is 5.82 Å². The van der Waals surface area contributed by atoms with E-state index >= 15 is 0 Å². The molecule has 0 unspecified atom stereocenters. The Morgan fingerprint density at radius 3 is 2.89 bits per heavy atom. The Morgan fingerprint density at radius 2 is 2.26 bits per heavy atom. The summed E-state index contributed by atoms with van der Waals surface area (Å²) in [5, 5.41) is 11.3. The summed E-state index contributed by atoms with van der Waals surface area (Å²) in [6.45, 7) is 2.11. The van der Waals surface area contributed by atoms with Crippen molar-refractivity contribution in [3.8, 4) is 0 Å². The molecule has 2 rings (SSSR count). The molecule has 0 radical (unpaired) electrons. The van der Waals surface area contributed by atoms with Crippen LogP contribution in [0.2, 0.25) is 0 Å². The van der Waals surface area contributed by atoms with Crippen LogP contribution in [0.5, 0.6) is 0 Å². The fraction of sp³-hybridized carbons (Fsp3) is 0.385. The molecule has 0 saturated carbocycles. The fourth-order valence-corrected chi connectivity index (χ4v) is 2.13. The summed E-state index contributed by atoms with van der Waals surface area (Å²) in [4.78, 5) is 24.3. The largest absolute Gasteiger partial charge is 0.480 e. The first kappa shape index (κ1) is 13.3. The minimum absolute atomic E-state index is 0.297. The Labute approximate surface area is 110 Å². The Bertz CT molecular complexity index is 519. The van der Waals surface area contributed by atoms with E-state index in [0.29, 0.717) is 25.1 Å². The van der Waals surface area contributed by atoms with Gasteiger partial charge in [-0.3, -0.25) is 4.90 Å². The number of hydrogen-bond donors (Lipinski definition) is 2. The van der Waals surface area contributed by atoms with Gasteiger partial charge in [-0.05, 0) is 30.5 Å². The van der Waals surface area contributed by atoms with Crippen molar-refractivity contribution in [1.82, 2.24) is 5.32 Å². The summed E-state index contributed by atoms with van der Waals surface area (Å²) in [7, 11) is 0.